The summed E-state index contributed by atoms with van der Waals surface area (Å²) in [4.78, 5) is 11.8. The lowest BCUT2D eigenvalue weighted by Crippen LogP contribution is -2.25. The molecule has 1 aromatic rings. The fourth-order valence-electron chi connectivity index (χ4n) is 2.07. The Kier molecular flexibility index (Phi) is 1.88. The van der Waals surface area contributed by atoms with Crippen molar-refractivity contribution in [3.05, 3.63) is 29.8 Å². The molecule has 1 aliphatic rings. The van der Waals surface area contributed by atoms with Crippen LogP contribution in [0, 0.1) is 5.41 Å². The lowest BCUT2D eigenvalue weighted by Gasteiger charge is -2.25. The van der Waals surface area contributed by atoms with E-state index in [1.54, 1.807) is 0 Å². The van der Waals surface area contributed by atoms with Crippen LogP contribution in [-0.2, 0) is 4.79 Å². The molecule has 0 saturated carbocycles. The molecule has 1 heterocycles. The van der Waals surface area contributed by atoms with Gasteiger partial charge in [0, 0.05) is 5.69 Å². The quantitative estimate of drug-likeness (QED) is 0.668. The van der Waals surface area contributed by atoms with Gasteiger partial charge in [-0.25, -0.2) is 0 Å². The van der Waals surface area contributed by atoms with Gasteiger partial charge in [0.05, 0.1) is 5.92 Å². The lowest BCUT2D eigenvalue weighted by atomic mass is 9.77. The Labute approximate surface area is 84.3 Å². The number of rotatable bonds is 0. The second-order valence-electron chi connectivity index (χ2n) is 4.88. The van der Waals surface area contributed by atoms with Gasteiger partial charge in [0.25, 0.3) is 0 Å². The van der Waals surface area contributed by atoms with E-state index in [0.717, 1.165) is 11.3 Å². The molecule has 2 rings (SSSR count). The summed E-state index contributed by atoms with van der Waals surface area (Å²) in [6.07, 6.45) is 0. The number of carbonyl (C=O) groups excluding carboxylic acids is 1. The number of para-hydroxylation sites is 1. The highest BCUT2D eigenvalue weighted by molar-refractivity contribution is 6.03. The first kappa shape index (κ1) is 9.25. The normalized spacial score (nSPS) is 20.5. The van der Waals surface area contributed by atoms with Crippen LogP contribution >= 0.6 is 0 Å². The first-order valence-corrected chi connectivity index (χ1v) is 4.90. The van der Waals surface area contributed by atoms with E-state index in [0.29, 0.717) is 0 Å². The highest BCUT2D eigenvalue weighted by atomic mass is 16.2. The van der Waals surface area contributed by atoms with Gasteiger partial charge in [-0.3, -0.25) is 4.79 Å². The molecule has 0 aromatic heterocycles. The number of anilines is 1. The largest absolute Gasteiger partial charge is 0.325 e. The topological polar surface area (TPSA) is 29.1 Å². The molecular formula is C12H15NO. The molecule has 0 fully saturated rings. The molecule has 0 aliphatic carbocycles. The van der Waals surface area contributed by atoms with E-state index >= 15 is 0 Å². The van der Waals surface area contributed by atoms with Crippen LogP contribution in [0.1, 0.15) is 32.3 Å². The summed E-state index contributed by atoms with van der Waals surface area (Å²) in [5, 5.41) is 2.92. The van der Waals surface area contributed by atoms with Gasteiger partial charge in [0.1, 0.15) is 0 Å². The Morgan fingerprint density at radius 3 is 2.50 bits per heavy atom. The summed E-state index contributed by atoms with van der Waals surface area (Å²) in [6.45, 7) is 6.29. The maximum absolute atomic E-state index is 11.8. The van der Waals surface area contributed by atoms with Crippen molar-refractivity contribution in [2.75, 3.05) is 5.32 Å². The molecule has 14 heavy (non-hydrogen) atoms. The average Bonchev–Trinajstić information content (AvgIpc) is 2.38. The van der Waals surface area contributed by atoms with E-state index in [4.69, 9.17) is 0 Å². The monoisotopic (exact) mass is 189 g/mol. The van der Waals surface area contributed by atoms with Gasteiger partial charge in [0.2, 0.25) is 5.91 Å². The van der Waals surface area contributed by atoms with Crippen molar-refractivity contribution < 1.29 is 4.79 Å². The fraction of sp³-hybridized carbons (Fsp3) is 0.417. The van der Waals surface area contributed by atoms with Crippen LogP contribution in [0.5, 0.6) is 0 Å². The zero-order valence-corrected chi connectivity index (χ0v) is 8.79. The minimum atomic E-state index is -0.0172. The van der Waals surface area contributed by atoms with E-state index in [-0.39, 0.29) is 17.2 Å². The van der Waals surface area contributed by atoms with Crippen molar-refractivity contribution in [1.82, 2.24) is 0 Å². The van der Waals surface area contributed by atoms with Crippen LogP contribution in [0.25, 0.3) is 0 Å². The van der Waals surface area contributed by atoms with Gasteiger partial charge in [0.15, 0.2) is 0 Å². The molecule has 1 atom stereocenters. The highest BCUT2D eigenvalue weighted by Crippen LogP contribution is 2.43. The zero-order valence-electron chi connectivity index (χ0n) is 8.79. The first-order chi connectivity index (χ1) is 6.50. The molecule has 2 heteroatoms. The maximum atomic E-state index is 11.8. The molecule has 0 spiro atoms. The Bertz CT molecular complexity index is 376. The maximum Gasteiger partial charge on any atom is 0.232 e. The Balaban J connectivity index is 2.50. The molecule has 1 aromatic carbocycles. The minimum Gasteiger partial charge on any atom is -0.325 e. The second-order valence-corrected chi connectivity index (χ2v) is 4.88. The third-order valence-electron chi connectivity index (χ3n) is 2.66. The van der Waals surface area contributed by atoms with E-state index in [2.05, 4.69) is 26.1 Å². The van der Waals surface area contributed by atoms with Gasteiger partial charge >= 0.3 is 0 Å². The van der Waals surface area contributed by atoms with Gasteiger partial charge in [-0.1, -0.05) is 39.0 Å². The minimum absolute atomic E-state index is 0.0151. The number of amides is 1. The van der Waals surface area contributed by atoms with Gasteiger partial charge in [-0.15, -0.1) is 0 Å². The molecule has 0 bridgehead atoms. The zero-order chi connectivity index (χ0) is 10.3. The van der Waals surface area contributed by atoms with E-state index < -0.39 is 0 Å². The van der Waals surface area contributed by atoms with Crippen molar-refractivity contribution in [1.29, 1.82) is 0 Å². The summed E-state index contributed by atoms with van der Waals surface area (Å²) in [5.41, 5.74) is 2.08. The van der Waals surface area contributed by atoms with Gasteiger partial charge in [-0.2, -0.15) is 0 Å². The number of carbonyl (C=O) groups is 1. The van der Waals surface area contributed by atoms with Crippen molar-refractivity contribution in [3.8, 4) is 0 Å². The second kappa shape index (κ2) is 2.84. The number of hydrogen-bond acceptors (Lipinski definition) is 1. The summed E-state index contributed by atoms with van der Waals surface area (Å²) in [7, 11) is 0. The summed E-state index contributed by atoms with van der Waals surface area (Å²) >= 11 is 0. The Morgan fingerprint density at radius 2 is 1.86 bits per heavy atom. The predicted molar refractivity (Wildman–Crippen MR) is 57.3 cm³/mol. The Hall–Kier alpha value is -1.31. The molecule has 1 N–H and O–H groups in total. The lowest BCUT2D eigenvalue weighted by molar-refractivity contribution is -0.119. The van der Waals surface area contributed by atoms with E-state index in [9.17, 15) is 4.79 Å². The fourth-order valence-corrected chi connectivity index (χ4v) is 2.07. The van der Waals surface area contributed by atoms with Crippen LogP contribution in [0.4, 0.5) is 5.69 Å². The molecule has 1 aliphatic heterocycles. The van der Waals surface area contributed by atoms with Crippen LogP contribution in [0.15, 0.2) is 24.3 Å². The summed E-state index contributed by atoms with van der Waals surface area (Å²) in [6, 6.07) is 7.92. The van der Waals surface area contributed by atoms with Crippen LogP contribution in [0.2, 0.25) is 0 Å². The SMILES string of the molecule is CC(C)(C)C1C(=O)Nc2ccccc21. The standard InChI is InChI=1S/C12H15NO/c1-12(2,3)10-8-6-4-5-7-9(8)13-11(10)14/h4-7,10H,1-3H3,(H,13,14). The number of hydrogen-bond donors (Lipinski definition) is 1. The van der Waals surface area contributed by atoms with Crippen LogP contribution in [0.3, 0.4) is 0 Å². The Morgan fingerprint density at radius 1 is 1.21 bits per heavy atom. The molecule has 74 valence electrons. The van der Waals surface area contributed by atoms with Crippen molar-refractivity contribution >= 4 is 11.6 Å². The van der Waals surface area contributed by atoms with Gasteiger partial charge < -0.3 is 5.32 Å². The van der Waals surface area contributed by atoms with Crippen LogP contribution in [-0.4, -0.2) is 5.91 Å². The molecule has 0 saturated heterocycles. The smallest absolute Gasteiger partial charge is 0.232 e. The van der Waals surface area contributed by atoms with E-state index in [1.807, 2.05) is 24.3 Å². The van der Waals surface area contributed by atoms with Crippen LogP contribution < -0.4 is 5.32 Å². The summed E-state index contributed by atoms with van der Waals surface area (Å²) in [5.74, 6) is 0.109. The molecular weight excluding hydrogens is 174 g/mol. The molecule has 0 radical (unpaired) electrons. The molecule has 1 amide bonds. The molecule has 2 nitrogen and oxygen atoms in total. The summed E-state index contributed by atoms with van der Waals surface area (Å²) < 4.78 is 0. The highest BCUT2D eigenvalue weighted by Gasteiger charge is 2.38. The molecule has 1 unspecified atom stereocenters. The number of fused-ring (bicyclic) bond motifs is 1. The van der Waals surface area contributed by atoms with Crippen molar-refractivity contribution in [3.63, 3.8) is 0 Å². The van der Waals surface area contributed by atoms with Crippen molar-refractivity contribution in [2.45, 2.75) is 26.7 Å². The average molecular weight is 189 g/mol. The number of nitrogens with one attached hydrogen (secondary N) is 1. The third-order valence-corrected chi connectivity index (χ3v) is 2.66. The van der Waals surface area contributed by atoms with Crippen molar-refractivity contribution in [2.24, 2.45) is 5.41 Å². The van der Waals surface area contributed by atoms with Gasteiger partial charge in [-0.05, 0) is 17.0 Å². The van der Waals surface area contributed by atoms with E-state index in [1.165, 1.54) is 0 Å². The third kappa shape index (κ3) is 1.31. The first-order valence-electron chi connectivity index (χ1n) is 4.90. The predicted octanol–water partition coefficient (Wildman–Crippen LogP) is 2.77. The number of benzene rings is 1.